The molecule has 90 valence electrons. The quantitative estimate of drug-likeness (QED) is 0.852. The number of ketones is 1. The molecule has 4 nitrogen and oxygen atoms in total. The summed E-state index contributed by atoms with van der Waals surface area (Å²) in [5.41, 5.74) is 0.985. The van der Waals surface area contributed by atoms with E-state index in [-0.39, 0.29) is 19.0 Å². The van der Waals surface area contributed by atoms with E-state index < -0.39 is 17.8 Å². The minimum Gasteiger partial charge on any atom is -0.481 e. The standard InChI is InChI=1S/C13H14O4/c14-12-8-17-7-11(13(15)16)10(12)6-9-4-2-1-3-5-9/h1-5,10-11H,6-8H2,(H,15,16). The van der Waals surface area contributed by atoms with E-state index >= 15 is 0 Å². The first-order valence-electron chi connectivity index (χ1n) is 5.55. The molecule has 0 bridgehead atoms. The molecule has 2 rings (SSSR count). The van der Waals surface area contributed by atoms with Gasteiger partial charge in [0.25, 0.3) is 0 Å². The van der Waals surface area contributed by atoms with E-state index in [2.05, 4.69) is 0 Å². The van der Waals surface area contributed by atoms with Gasteiger partial charge in [-0.2, -0.15) is 0 Å². The average Bonchev–Trinajstić information content (AvgIpc) is 2.33. The van der Waals surface area contributed by atoms with Crippen molar-refractivity contribution in [1.29, 1.82) is 0 Å². The summed E-state index contributed by atoms with van der Waals surface area (Å²) in [6, 6.07) is 9.47. The van der Waals surface area contributed by atoms with Crippen molar-refractivity contribution in [2.24, 2.45) is 11.8 Å². The Morgan fingerprint density at radius 2 is 2.06 bits per heavy atom. The van der Waals surface area contributed by atoms with Gasteiger partial charge in [0.1, 0.15) is 6.61 Å². The number of hydrogen-bond acceptors (Lipinski definition) is 3. The molecule has 1 saturated heterocycles. The molecule has 0 amide bonds. The molecule has 0 saturated carbocycles. The van der Waals surface area contributed by atoms with Crippen molar-refractivity contribution >= 4 is 11.8 Å². The van der Waals surface area contributed by atoms with Gasteiger partial charge >= 0.3 is 5.97 Å². The summed E-state index contributed by atoms with van der Waals surface area (Å²) < 4.78 is 4.99. The van der Waals surface area contributed by atoms with Crippen LogP contribution in [0.1, 0.15) is 5.56 Å². The topological polar surface area (TPSA) is 63.6 Å². The number of benzene rings is 1. The summed E-state index contributed by atoms with van der Waals surface area (Å²) in [6.07, 6.45) is 0.472. The molecule has 1 aromatic rings. The molecule has 1 N–H and O–H groups in total. The molecular weight excluding hydrogens is 220 g/mol. The van der Waals surface area contributed by atoms with Crippen molar-refractivity contribution in [2.45, 2.75) is 6.42 Å². The monoisotopic (exact) mass is 234 g/mol. The lowest BCUT2D eigenvalue weighted by molar-refractivity contribution is -0.156. The van der Waals surface area contributed by atoms with Gasteiger partial charge in [0, 0.05) is 5.92 Å². The fraction of sp³-hybridized carbons (Fsp3) is 0.385. The maximum absolute atomic E-state index is 11.7. The van der Waals surface area contributed by atoms with E-state index in [0.29, 0.717) is 6.42 Å². The second-order valence-electron chi connectivity index (χ2n) is 4.22. The molecule has 17 heavy (non-hydrogen) atoms. The van der Waals surface area contributed by atoms with Gasteiger partial charge in [0.05, 0.1) is 12.5 Å². The molecule has 1 heterocycles. The SMILES string of the molecule is O=C(O)C1COCC(=O)C1Cc1ccccc1. The normalized spacial score (nSPS) is 24.6. The number of rotatable bonds is 3. The van der Waals surface area contributed by atoms with Gasteiger partial charge in [-0.1, -0.05) is 30.3 Å². The molecule has 0 radical (unpaired) electrons. The van der Waals surface area contributed by atoms with Crippen LogP contribution >= 0.6 is 0 Å². The van der Waals surface area contributed by atoms with Crippen molar-refractivity contribution in [1.82, 2.24) is 0 Å². The zero-order chi connectivity index (χ0) is 12.3. The molecule has 4 heteroatoms. The highest BCUT2D eigenvalue weighted by Gasteiger charge is 2.37. The molecule has 0 aliphatic carbocycles. The Labute approximate surface area is 99.2 Å². The molecular formula is C13H14O4. The molecule has 1 fully saturated rings. The Balaban J connectivity index is 2.15. The molecule has 1 aliphatic rings. The van der Waals surface area contributed by atoms with Crippen LogP contribution < -0.4 is 0 Å². The second kappa shape index (κ2) is 5.10. The average molecular weight is 234 g/mol. The summed E-state index contributed by atoms with van der Waals surface area (Å²) in [7, 11) is 0. The number of carboxylic acid groups (broad SMARTS) is 1. The number of carbonyl (C=O) groups excluding carboxylic acids is 1. The van der Waals surface area contributed by atoms with Crippen LogP contribution in [0.15, 0.2) is 30.3 Å². The highest BCUT2D eigenvalue weighted by Crippen LogP contribution is 2.23. The molecule has 2 unspecified atom stereocenters. The lowest BCUT2D eigenvalue weighted by Crippen LogP contribution is -2.41. The lowest BCUT2D eigenvalue weighted by Gasteiger charge is -2.27. The second-order valence-corrected chi connectivity index (χ2v) is 4.22. The van der Waals surface area contributed by atoms with Crippen LogP contribution in [-0.4, -0.2) is 30.1 Å². The first-order valence-corrected chi connectivity index (χ1v) is 5.55. The van der Waals surface area contributed by atoms with Crippen molar-refractivity contribution in [3.05, 3.63) is 35.9 Å². The fourth-order valence-corrected chi connectivity index (χ4v) is 2.10. The van der Waals surface area contributed by atoms with Crippen molar-refractivity contribution in [3.8, 4) is 0 Å². The van der Waals surface area contributed by atoms with Gasteiger partial charge in [-0.05, 0) is 12.0 Å². The number of ether oxygens (including phenoxy) is 1. The van der Waals surface area contributed by atoms with Crippen LogP contribution in [0.3, 0.4) is 0 Å². The first-order chi connectivity index (χ1) is 8.18. The van der Waals surface area contributed by atoms with Crippen LogP contribution in [0.2, 0.25) is 0 Å². The van der Waals surface area contributed by atoms with Crippen LogP contribution in [0.4, 0.5) is 0 Å². The largest absolute Gasteiger partial charge is 0.481 e. The maximum atomic E-state index is 11.7. The van der Waals surface area contributed by atoms with Crippen LogP contribution in [0.5, 0.6) is 0 Å². The number of aliphatic carboxylic acids is 1. The van der Waals surface area contributed by atoms with E-state index in [0.717, 1.165) is 5.56 Å². The minimum absolute atomic E-state index is 0.0290. The third-order valence-electron chi connectivity index (χ3n) is 3.06. The van der Waals surface area contributed by atoms with Crippen LogP contribution in [-0.2, 0) is 20.7 Å². The Kier molecular flexibility index (Phi) is 3.54. The Morgan fingerprint density at radius 3 is 2.71 bits per heavy atom. The van der Waals surface area contributed by atoms with Gasteiger partial charge in [-0.15, -0.1) is 0 Å². The predicted molar refractivity (Wildman–Crippen MR) is 60.6 cm³/mol. The van der Waals surface area contributed by atoms with Crippen molar-refractivity contribution < 1.29 is 19.4 Å². The summed E-state index contributed by atoms with van der Waals surface area (Å²) in [4.78, 5) is 22.8. The van der Waals surface area contributed by atoms with E-state index in [4.69, 9.17) is 9.84 Å². The van der Waals surface area contributed by atoms with Gasteiger partial charge in [-0.3, -0.25) is 9.59 Å². The Bertz CT molecular complexity index is 413. The van der Waals surface area contributed by atoms with Crippen molar-refractivity contribution in [3.63, 3.8) is 0 Å². The summed E-state index contributed by atoms with van der Waals surface area (Å²) in [5, 5.41) is 9.07. The zero-order valence-corrected chi connectivity index (χ0v) is 9.33. The molecule has 0 spiro atoms. The first kappa shape index (κ1) is 11.8. The maximum Gasteiger partial charge on any atom is 0.309 e. The van der Waals surface area contributed by atoms with E-state index in [1.807, 2.05) is 30.3 Å². The Hall–Kier alpha value is -1.68. The van der Waals surface area contributed by atoms with Gasteiger partial charge in [-0.25, -0.2) is 0 Å². The number of hydrogen-bond donors (Lipinski definition) is 1. The number of Topliss-reactive ketones (excluding diaryl/α,β-unsaturated/α-hetero) is 1. The predicted octanol–water partition coefficient (Wildman–Crippen LogP) is 1.15. The molecule has 2 atom stereocenters. The molecule has 0 aromatic heterocycles. The van der Waals surface area contributed by atoms with E-state index in [1.165, 1.54) is 0 Å². The Morgan fingerprint density at radius 1 is 1.35 bits per heavy atom. The highest BCUT2D eigenvalue weighted by molar-refractivity contribution is 5.88. The van der Waals surface area contributed by atoms with E-state index in [1.54, 1.807) is 0 Å². The highest BCUT2D eigenvalue weighted by atomic mass is 16.5. The van der Waals surface area contributed by atoms with Gasteiger partial charge < -0.3 is 9.84 Å². The minimum atomic E-state index is -0.959. The summed E-state index contributed by atoms with van der Waals surface area (Å²) in [6.45, 7) is 0.153. The third-order valence-corrected chi connectivity index (χ3v) is 3.06. The van der Waals surface area contributed by atoms with Gasteiger partial charge in [0.2, 0.25) is 0 Å². The van der Waals surface area contributed by atoms with E-state index in [9.17, 15) is 9.59 Å². The van der Waals surface area contributed by atoms with Gasteiger partial charge in [0.15, 0.2) is 5.78 Å². The summed E-state index contributed by atoms with van der Waals surface area (Å²) in [5.74, 6) is -2.27. The van der Waals surface area contributed by atoms with Crippen LogP contribution in [0.25, 0.3) is 0 Å². The van der Waals surface area contributed by atoms with Crippen LogP contribution in [0, 0.1) is 11.8 Å². The number of carbonyl (C=O) groups is 2. The summed E-state index contributed by atoms with van der Waals surface area (Å²) >= 11 is 0. The van der Waals surface area contributed by atoms with Crippen molar-refractivity contribution in [2.75, 3.05) is 13.2 Å². The molecule has 1 aromatic carbocycles. The zero-order valence-electron chi connectivity index (χ0n) is 9.33. The third kappa shape index (κ3) is 2.71. The smallest absolute Gasteiger partial charge is 0.309 e. The lowest BCUT2D eigenvalue weighted by atomic mass is 9.83. The molecule has 1 aliphatic heterocycles. The number of carboxylic acids is 1. The fourth-order valence-electron chi connectivity index (χ4n) is 2.10.